The Morgan fingerprint density at radius 3 is 2.73 bits per heavy atom. The van der Waals surface area contributed by atoms with Crippen molar-refractivity contribution in [3.05, 3.63) is 51.7 Å². The number of benzene rings is 1. The van der Waals surface area contributed by atoms with E-state index < -0.39 is 11.0 Å². The van der Waals surface area contributed by atoms with Gasteiger partial charge in [0.1, 0.15) is 0 Å². The zero-order valence-corrected chi connectivity index (χ0v) is 12.1. The molecule has 0 aliphatic carbocycles. The first-order valence-corrected chi connectivity index (χ1v) is 6.39. The minimum atomic E-state index is -0.570. The van der Waals surface area contributed by atoms with Crippen molar-refractivity contribution in [1.29, 1.82) is 0 Å². The lowest BCUT2D eigenvalue weighted by Crippen LogP contribution is -2.19. The van der Waals surface area contributed by atoms with Crippen LogP contribution in [-0.4, -0.2) is 23.0 Å². The van der Waals surface area contributed by atoms with Crippen molar-refractivity contribution in [3.63, 3.8) is 0 Å². The summed E-state index contributed by atoms with van der Waals surface area (Å²) in [5, 5.41) is 15.7. The van der Waals surface area contributed by atoms with Gasteiger partial charge in [0.05, 0.1) is 22.7 Å². The van der Waals surface area contributed by atoms with Gasteiger partial charge in [0.2, 0.25) is 5.88 Å². The average Bonchev–Trinajstić information content (AvgIpc) is 2.49. The second-order valence-corrected chi connectivity index (χ2v) is 4.49. The third-order valence-corrected chi connectivity index (χ3v) is 2.93. The largest absolute Gasteiger partial charge is 0.481 e. The van der Waals surface area contributed by atoms with Gasteiger partial charge in [-0.05, 0) is 12.1 Å². The molecular weight excluding hydrogens is 312 g/mol. The van der Waals surface area contributed by atoms with E-state index in [-0.39, 0.29) is 16.4 Å². The SMILES string of the molecule is COc1cc(NC(=O)Nc2ccc([N+](=O)[O-])cc2Cl)ccn1. The molecule has 2 amide bonds. The number of nitrogens with zero attached hydrogens (tertiary/aromatic N) is 2. The topological polar surface area (TPSA) is 106 Å². The summed E-state index contributed by atoms with van der Waals surface area (Å²) in [5.74, 6) is 0.353. The molecular formula is C13H11ClN4O4. The number of aromatic nitrogens is 1. The van der Waals surface area contributed by atoms with Crippen LogP contribution in [0.15, 0.2) is 36.5 Å². The van der Waals surface area contributed by atoms with E-state index in [1.807, 2.05) is 0 Å². The molecule has 0 spiro atoms. The Balaban J connectivity index is 2.07. The number of hydrogen-bond acceptors (Lipinski definition) is 5. The molecule has 0 bridgehead atoms. The third-order valence-electron chi connectivity index (χ3n) is 2.61. The Morgan fingerprint density at radius 1 is 1.32 bits per heavy atom. The first-order valence-electron chi connectivity index (χ1n) is 6.01. The number of methoxy groups -OCH3 is 1. The van der Waals surface area contributed by atoms with E-state index in [4.69, 9.17) is 16.3 Å². The summed E-state index contributed by atoms with van der Waals surface area (Å²) in [6, 6.07) is 6.33. The molecule has 2 N–H and O–H groups in total. The molecule has 0 saturated heterocycles. The lowest BCUT2D eigenvalue weighted by Gasteiger charge is -2.09. The number of amides is 2. The van der Waals surface area contributed by atoms with E-state index in [0.717, 1.165) is 6.07 Å². The van der Waals surface area contributed by atoms with Crippen molar-refractivity contribution >= 4 is 34.7 Å². The third kappa shape index (κ3) is 3.83. The monoisotopic (exact) mass is 322 g/mol. The molecule has 9 heteroatoms. The van der Waals surface area contributed by atoms with Crippen molar-refractivity contribution in [3.8, 4) is 5.88 Å². The molecule has 0 fully saturated rings. The number of carbonyl (C=O) groups excluding carboxylic acids is 1. The summed E-state index contributed by atoms with van der Waals surface area (Å²) in [5.41, 5.74) is 0.572. The number of nitro groups is 1. The molecule has 1 aromatic carbocycles. The predicted octanol–water partition coefficient (Wildman–Crippen LogP) is 3.30. The Labute approximate surface area is 130 Å². The molecule has 0 unspecified atom stereocenters. The van der Waals surface area contributed by atoms with Crippen LogP contribution >= 0.6 is 11.6 Å². The van der Waals surface area contributed by atoms with E-state index in [1.165, 1.54) is 31.5 Å². The van der Waals surface area contributed by atoms with E-state index in [1.54, 1.807) is 6.07 Å². The van der Waals surface area contributed by atoms with Crippen LogP contribution in [0.3, 0.4) is 0 Å². The lowest BCUT2D eigenvalue weighted by atomic mass is 10.3. The molecule has 8 nitrogen and oxygen atoms in total. The van der Waals surface area contributed by atoms with Gasteiger partial charge in [-0.25, -0.2) is 9.78 Å². The number of nitro benzene ring substituents is 1. The zero-order valence-electron chi connectivity index (χ0n) is 11.4. The molecule has 0 atom stereocenters. The number of ether oxygens (including phenoxy) is 1. The molecule has 2 rings (SSSR count). The Kier molecular flexibility index (Phi) is 4.74. The van der Waals surface area contributed by atoms with Crippen LogP contribution in [0.5, 0.6) is 5.88 Å². The number of non-ortho nitro benzene ring substituents is 1. The van der Waals surface area contributed by atoms with Crippen LogP contribution in [0.4, 0.5) is 21.9 Å². The van der Waals surface area contributed by atoms with Gasteiger partial charge in [-0.1, -0.05) is 11.6 Å². The fraction of sp³-hybridized carbons (Fsp3) is 0.0769. The number of nitrogens with one attached hydrogen (secondary N) is 2. The Bertz CT molecular complexity index is 723. The molecule has 0 aliphatic heterocycles. The second-order valence-electron chi connectivity index (χ2n) is 4.09. The fourth-order valence-electron chi connectivity index (χ4n) is 1.60. The van der Waals surface area contributed by atoms with Gasteiger partial charge < -0.3 is 15.4 Å². The second kappa shape index (κ2) is 6.72. The Hall–Kier alpha value is -2.87. The highest BCUT2D eigenvalue weighted by atomic mass is 35.5. The maximum atomic E-state index is 11.9. The molecule has 114 valence electrons. The van der Waals surface area contributed by atoms with Crippen LogP contribution in [0.2, 0.25) is 5.02 Å². The Morgan fingerprint density at radius 2 is 2.09 bits per heavy atom. The van der Waals surface area contributed by atoms with Crippen LogP contribution in [0.25, 0.3) is 0 Å². The zero-order chi connectivity index (χ0) is 16.1. The number of rotatable bonds is 4. The smallest absolute Gasteiger partial charge is 0.323 e. The summed E-state index contributed by atoms with van der Waals surface area (Å²) in [7, 11) is 1.46. The van der Waals surface area contributed by atoms with Gasteiger partial charge in [-0.2, -0.15) is 0 Å². The molecule has 2 aromatic rings. The summed E-state index contributed by atoms with van der Waals surface area (Å²) >= 11 is 5.89. The van der Waals surface area contributed by atoms with Crippen molar-refractivity contribution in [2.45, 2.75) is 0 Å². The van der Waals surface area contributed by atoms with Crippen molar-refractivity contribution in [1.82, 2.24) is 4.98 Å². The van der Waals surface area contributed by atoms with Gasteiger partial charge in [0, 0.05) is 30.1 Å². The highest BCUT2D eigenvalue weighted by Crippen LogP contribution is 2.26. The van der Waals surface area contributed by atoms with Crippen LogP contribution in [0, 0.1) is 10.1 Å². The fourth-order valence-corrected chi connectivity index (χ4v) is 1.82. The maximum Gasteiger partial charge on any atom is 0.323 e. The molecule has 22 heavy (non-hydrogen) atoms. The number of anilines is 2. The van der Waals surface area contributed by atoms with Crippen LogP contribution < -0.4 is 15.4 Å². The van der Waals surface area contributed by atoms with Gasteiger partial charge in [0.15, 0.2) is 0 Å². The maximum absolute atomic E-state index is 11.9. The number of carbonyl (C=O) groups is 1. The summed E-state index contributed by atoms with van der Waals surface area (Å²) in [4.78, 5) is 25.8. The molecule has 0 aliphatic rings. The summed E-state index contributed by atoms with van der Waals surface area (Å²) in [6.45, 7) is 0. The summed E-state index contributed by atoms with van der Waals surface area (Å²) in [6.07, 6.45) is 1.48. The van der Waals surface area contributed by atoms with Crippen LogP contribution in [0.1, 0.15) is 0 Å². The lowest BCUT2D eigenvalue weighted by molar-refractivity contribution is -0.384. The molecule has 0 radical (unpaired) electrons. The first-order chi connectivity index (χ1) is 10.5. The minimum Gasteiger partial charge on any atom is -0.481 e. The predicted molar refractivity (Wildman–Crippen MR) is 81.5 cm³/mol. The molecule has 1 aromatic heterocycles. The van der Waals surface area contributed by atoms with Crippen molar-refractivity contribution in [2.75, 3.05) is 17.7 Å². The van der Waals surface area contributed by atoms with Crippen molar-refractivity contribution < 1.29 is 14.5 Å². The van der Waals surface area contributed by atoms with Gasteiger partial charge in [-0.3, -0.25) is 10.1 Å². The summed E-state index contributed by atoms with van der Waals surface area (Å²) < 4.78 is 4.94. The molecule has 1 heterocycles. The van der Waals surface area contributed by atoms with Gasteiger partial charge in [0.25, 0.3) is 5.69 Å². The standard InChI is InChI=1S/C13H11ClN4O4/c1-22-12-6-8(4-5-15-12)16-13(19)17-11-3-2-9(18(20)21)7-10(11)14/h2-7H,1H3,(H2,15,16,17,19). The van der Waals surface area contributed by atoms with E-state index in [9.17, 15) is 14.9 Å². The highest BCUT2D eigenvalue weighted by Gasteiger charge is 2.11. The number of pyridine rings is 1. The van der Waals surface area contributed by atoms with E-state index in [0.29, 0.717) is 11.6 Å². The van der Waals surface area contributed by atoms with Crippen LogP contribution in [-0.2, 0) is 0 Å². The normalized spacial score (nSPS) is 9.91. The number of halogens is 1. The van der Waals surface area contributed by atoms with E-state index >= 15 is 0 Å². The van der Waals surface area contributed by atoms with Gasteiger partial charge in [-0.15, -0.1) is 0 Å². The van der Waals surface area contributed by atoms with Crippen molar-refractivity contribution in [2.24, 2.45) is 0 Å². The van der Waals surface area contributed by atoms with E-state index in [2.05, 4.69) is 15.6 Å². The minimum absolute atomic E-state index is 0.0664. The molecule has 0 saturated carbocycles. The number of urea groups is 1. The first kappa shape index (κ1) is 15.5. The number of hydrogen-bond donors (Lipinski definition) is 2. The van der Waals surface area contributed by atoms with Gasteiger partial charge >= 0.3 is 6.03 Å². The highest BCUT2D eigenvalue weighted by molar-refractivity contribution is 6.34. The average molecular weight is 323 g/mol. The quantitative estimate of drug-likeness (QED) is 0.663.